The summed E-state index contributed by atoms with van der Waals surface area (Å²) < 4.78 is 12.1. The van der Waals surface area contributed by atoms with Crippen molar-refractivity contribution in [2.24, 2.45) is 7.05 Å². The van der Waals surface area contributed by atoms with Crippen LogP contribution in [0.25, 0.3) is 11.1 Å². The zero-order valence-corrected chi connectivity index (χ0v) is 17.8. The Bertz CT molecular complexity index is 1110. The predicted molar refractivity (Wildman–Crippen MR) is 116 cm³/mol. The molecule has 3 aromatic rings. The molecule has 1 aliphatic carbocycles. The quantitative estimate of drug-likeness (QED) is 0.591. The summed E-state index contributed by atoms with van der Waals surface area (Å²) >= 11 is 0. The molecule has 0 unspecified atom stereocenters. The van der Waals surface area contributed by atoms with Gasteiger partial charge in [0.2, 0.25) is 0 Å². The Labute approximate surface area is 181 Å². The van der Waals surface area contributed by atoms with Crippen LogP contribution in [0.1, 0.15) is 50.9 Å². The van der Waals surface area contributed by atoms with E-state index in [1.54, 1.807) is 31.0 Å². The SMILES string of the molecule is COC(=O)c1ccc(-c2cccc(CNC(=O)c3cc(C4CC4)nn3C)c2OC)cc1. The Kier molecular flexibility index (Phi) is 5.75. The fourth-order valence-corrected chi connectivity index (χ4v) is 3.64. The van der Waals surface area contributed by atoms with E-state index in [1.807, 2.05) is 36.4 Å². The molecule has 1 aromatic heterocycles. The molecular weight excluding hydrogens is 394 g/mol. The number of benzene rings is 2. The third-order valence-electron chi connectivity index (χ3n) is 5.48. The molecule has 0 spiro atoms. The highest BCUT2D eigenvalue weighted by atomic mass is 16.5. The highest BCUT2D eigenvalue weighted by Gasteiger charge is 2.28. The van der Waals surface area contributed by atoms with Crippen LogP contribution < -0.4 is 10.1 Å². The largest absolute Gasteiger partial charge is 0.496 e. The third-order valence-corrected chi connectivity index (χ3v) is 5.48. The van der Waals surface area contributed by atoms with Gasteiger partial charge >= 0.3 is 5.97 Å². The molecule has 7 heteroatoms. The van der Waals surface area contributed by atoms with Crippen LogP contribution in [0.4, 0.5) is 0 Å². The molecule has 1 fully saturated rings. The number of carbonyl (C=O) groups is 2. The molecule has 0 saturated heterocycles. The number of rotatable bonds is 7. The minimum absolute atomic E-state index is 0.170. The molecule has 160 valence electrons. The van der Waals surface area contributed by atoms with E-state index in [2.05, 4.69) is 10.4 Å². The van der Waals surface area contributed by atoms with Crippen LogP contribution in [0.2, 0.25) is 0 Å². The fourth-order valence-electron chi connectivity index (χ4n) is 3.64. The monoisotopic (exact) mass is 419 g/mol. The average molecular weight is 419 g/mol. The average Bonchev–Trinajstić information content (AvgIpc) is 3.58. The maximum absolute atomic E-state index is 12.7. The van der Waals surface area contributed by atoms with Gasteiger partial charge in [0.1, 0.15) is 11.4 Å². The Balaban J connectivity index is 1.53. The molecule has 1 saturated carbocycles. The summed E-state index contributed by atoms with van der Waals surface area (Å²) in [6.45, 7) is 0.319. The van der Waals surface area contributed by atoms with Crippen LogP contribution in [0, 0.1) is 0 Å². The lowest BCUT2D eigenvalue weighted by atomic mass is 10.00. The Morgan fingerprint density at radius 1 is 1.13 bits per heavy atom. The molecule has 1 heterocycles. The van der Waals surface area contributed by atoms with Crippen molar-refractivity contribution in [2.45, 2.75) is 25.3 Å². The smallest absolute Gasteiger partial charge is 0.337 e. The molecule has 4 rings (SSSR count). The number of amides is 1. The van der Waals surface area contributed by atoms with Crippen LogP contribution in [0.5, 0.6) is 5.75 Å². The minimum Gasteiger partial charge on any atom is -0.496 e. The number of aryl methyl sites for hydroxylation is 1. The number of hydrogen-bond acceptors (Lipinski definition) is 5. The van der Waals surface area contributed by atoms with Crippen molar-refractivity contribution in [3.63, 3.8) is 0 Å². The maximum atomic E-state index is 12.7. The molecule has 7 nitrogen and oxygen atoms in total. The molecule has 31 heavy (non-hydrogen) atoms. The van der Waals surface area contributed by atoms with E-state index in [9.17, 15) is 9.59 Å². The van der Waals surface area contributed by atoms with E-state index in [1.165, 1.54) is 7.11 Å². The highest BCUT2D eigenvalue weighted by Crippen LogP contribution is 2.39. The highest BCUT2D eigenvalue weighted by molar-refractivity contribution is 5.93. The van der Waals surface area contributed by atoms with Crippen LogP contribution in [-0.2, 0) is 18.3 Å². The summed E-state index contributed by atoms with van der Waals surface area (Å²) in [5, 5.41) is 7.43. The summed E-state index contributed by atoms with van der Waals surface area (Å²) in [5.41, 5.74) is 4.66. The zero-order chi connectivity index (χ0) is 22.0. The second-order valence-electron chi connectivity index (χ2n) is 7.60. The number of methoxy groups -OCH3 is 2. The molecule has 1 amide bonds. The molecule has 1 N–H and O–H groups in total. The van der Waals surface area contributed by atoms with Gasteiger partial charge in [0.25, 0.3) is 5.91 Å². The lowest BCUT2D eigenvalue weighted by Crippen LogP contribution is -2.25. The Morgan fingerprint density at radius 2 is 1.87 bits per heavy atom. The number of ether oxygens (including phenoxy) is 2. The topological polar surface area (TPSA) is 82.5 Å². The number of aromatic nitrogens is 2. The summed E-state index contributed by atoms with van der Waals surface area (Å²) in [4.78, 5) is 24.4. The van der Waals surface area contributed by atoms with Gasteiger partial charge in [-0.3, -0.25) is 9.48 Å². The second kappa shape index (κ2) is 8.63. The normalized spacial score (nSPS) is 13.0. The first-order valence-electron chi connectivity index (χ1n) is 10.2. The standard InChI is InChI=1S/C24H25N3O4/c1-27-21(13-20(26-27)16-9-10-16)23(28)25-14-18-5-4-6-19(22(18)30-2)15-7-11-17(12-8-15)24(29)31-3/h4-8,11-13,16H,9-10,14H2,1-3H3,(H,25,28). The predicted octanol–water partition coefficient (Wildman–Crippen LogP) is 3.69. The van der Waals surface area contributed by atoms with Crippen molar-refractivity contribution in [1.29, 1.82) is 0 Å². The number of esters is 1. The van der Waals surface area contributed by atoms with Crippen LogP contribution in [-0.4, -0.2) is 35.9 Å². The van der Waals surface area contributed by atoms with Gasteiger partial charge in [-0.25, -0.2) is 4.79 Å². The van der Waals surface area contributed by atoms with E-state index in [4.69, 9.17) is 9.47 Å². The van der Waals surface area contributed by atoms with Crippen molar-refractivity contribution in [2.75, 3.05) is 14.2 Å². The second-order valence-corrected chi connectivity index (χ2v) is 7.60. The molecule has 0 aliphatic heterocycles. The molecule has 0 radical (unpaired) electrons. The van der Waals surface area contributed by atoms with Gasteiger partial charge in [0, 0.05) is 30.6 Å². The minimum atomic E-state index is -0.380. The van der Waals surface area contributed by atoms with Gasteiger partial charge in [-0.15, -0.1) is 0 Å². The number of nitrogens with one attached hydrogen (secondary N) is 1. The van der Waals surface area contributed by atoms with Crippen LogP contribution in [0.3, 0.4) is 0 Å². The van der Waals surface area contributed by atoms with Gasteiger partial charge in [0.15, 0.2) is 0 Å². The lowest BCUT2D eigenvalue weighted by molar-refractivity contribution is 0.0600. The summed E-state index contributed by atoms with van der Waals surface area (Å²) in [6, 6.07) is 14.8. The third kappa shape index (κ3) is 4.30. The van der Waals surface area contributed by atoms with Gasteiger partial charge in [0.05, 0.1) is 25.5 Å². The van der Waals surface area contributed by atoms with Gasteiger partial charge < -0.3 is 14.8 Å². The Hall–Kier alpha value is -3.61. The van der Waals surface area contributed by atoms with Crippen molar-refractivity contribution in [3.05, 3.63) is 71.0 Å². The first-order chi connectivity index (χ1) is 15.0. The first kappa shape index (κ1) is 20.7. The molecule has 0 atom stereocenters. The zero-order valence-electron chi connectivity index (χ0n) is 17.8. The summed E-state index contributed by atoms with van der Waals surface area (Å²) in [7, 11) is 4.76. The van der Waals surface area contributed by atoms with Crippen molar-refractivity contribution >= 4 is 11.9 Å². The van der Waals surface area contributed by atoms with E-state index in [-0.39, 0.29) is 11.9 Å². The van der Waals surface area contributed by atoms with E-state index in [0.29, 0.717) is 29.5 Å². The van der Waals surface area contributed by atoms with Crippen molar-refractivity contribution in [3.8, 4) is 16.9 Å². The first-order valence-corrected chi connectivity index (χ1v) is 10.2. The van der Waals surface area contributed by atoms with Gasteiger partial charge in [-0.2, -0.15) is 5.10 Å². The molecule has 1 aliphatic rings. The summed E-state index contributed by atoms with van der Waals surface area (Å²) in [6.07, 6.45) is 2.28. The number of carbonyl (C=O) groups excluding carboxylic acids is 2. The molecular formula is C24H25N3O4. The van der Waals surface area contributed by atoms with Gasteiger partial charge in [-0.05, 0) is 36.6 Å². The maximum Gasteiger partial charge on any atom is 0.337 e. The van der Waals surface area contributed by atoms with E-state index in [0.717, 1.165) is 35.2 Å². The number of nitrogens with zero attached hydrogens (tertiary/aromatic N) is 2. The van der Waals surface area contributed by atoms with Gasteiger partial charge in [-0.1, -0.05) is 30.3 Å². The fraction of sp³-hybridized carbons (Fsp3) is 0.292. The number of para-hydroxylation sites is 1. The van der Waals surface area contributed by atoms with Crippen molar-refractivity contribution in [1.82, 2.24) is 15.1 Å². The van der Waals surface area contributed by atoms with E-state index < -0.39 is 0 Å². The summed E-state index contributed by atoms with van der Waals surface area (Å²) in [5.74, 6) is 0.624. The molecule has 2 aromatic carbocycles. The van der Waals surface area contributed by atoms with Crippen LogP contribution >= 0.6 is 0 Å². The lowest BCUT2D eigenvalue weighted by Gasteiger charge is -2.15. The molecule has 0 bridgehead atoms. The van der Waals surface area contributed by atoms with Crippen LogP contribution in [0.15, 0.2) is 48.5 Å². The van der Waals surface area contributed by atoms with Crippen molar-refractivity contribution < 1.29 is 19.1 Å². The van der Waals surface area contributed by atoms with E-state index >= 15 is 0 Å². The number of hydrogen-bond donors (Lipinski definition) is 1. The Morgan fingerprint density at radius 3 is 2.52 bits per heavy atom.